The average Bonchev–Trinajstić information content (AvgIpc) is 3.13. The van der Waals surface area contributed by atoms with Gasteiger partial charge in [-0.1, -0.05) is 73.1 Å². The lowest BCUT2D eigenvalue weighted by Crippen LogP contribution is -2.40. The summed E-state index contributed by atoms with van der Waals surface area (Å²) in [5, 5.41) is 9.68. The number of carboxylic acids is 1. The Hall–Kier alpha value is -3.38. The molecule has 1 atom stereocenters. The zero-order chi connectivity index (χ0) is 23.5. The Labute approximate surface area is 196 Å². The van der Waals surface area contributed by atoms with Gasteiger partial charge in [-0.2, -0.15) is 0 Å². The molecule has 1 unspecified atom stereocenters. The smallest absolute Gasteiger partial charge is 0.410 e. The standard InChI is InChI=1S/C26H23ClFNO4/c1-2-13-29(24(25(30)31)16-11-12-23(28)22(27)14-16)26(32)33-15-21-19-9-5-3-7-17(19)18-8-4-6-10-20(18)21/h3-12,14,21,24H,2,13,15H2,1H3,(H,30,31). The van der Waals surface area contributed by atoms with E-state index < -0.39 is 23.9 Å². The summed E-state index contributed by atoms with van der Waals surface area (Å²) >= 11 is 5.86. The Morgan fingerprint density at radius 3 is 2.21 bits per heavy atom. The molecule has 1 N–H and O–H groups in total. The number of ether oxygens (including phenoxy) is 1. The van der Waals surface area contributed by atoms with E-state index in [-0.39, 0.29) is 29.7 Å². The van der Waals surface area contributed by atoms with Crippen molar-refractivity contribution in [2.24, 2.45) is 0 Å². The number of nitrogens with zero attached hydrogens (tertiary/aromatic N) is 1. The van der Waals surface area contributed by atoms with Gasteiger partial charge in [0.1, 0.15) is 12.4 Å². The predicted octanol–water partition coefficient (Wildman–Crippen LogP) is 6.27. The minimum absolute atomic E-state index is 0.0730. The van der Waals surface area contributed by atoms with Crippen molar-refractivity contribution in [3.8, 4) is 11.1 Å². The van der Waals surface area contributed by atoms with Crippen LogP contribution in [0.5, 0.6) is 0 Å². The molecular formula is C26H23ClFNO4. The predicted molar refractivity (Wildman–Crippen MR) is 124 cm³/mol. The van der Waals surface area contributed by atoms with Crippen LogP contribution in [-0.2, 0) is 9.53 Å². The molecule has 1 aliphatic carbocycles. The highest BCUT2D eigenvalue weighted by Crippen LogP contribution is 2.44. The van der Waals surface area contributed by atoms with Crippen molar-refractivity contribution >= 4 is 23.7 Å². The monoisotopic (exact) mass is 467 g/mol. The van der Waals surface area contributed by atoms with Crippen LogP contribution in [0, 0.1) is 5.82 Å². The van der Waals surface area contributed by atoms with Gasteiger partial charge >= 0.3 is 12.1 Å². The van der Waals surface area contributed by atoms with E-state index in [1.807, 2.05) is 55.5 Å². The normalized spacial score (nSPS) is 13.2. The summed E-state index contributed by atoms with van der Waals surface area (Å²) in [5.74, 6) is -2.05. The van der Waals surface area contributed by atoms with Gasteiger partial charge in [-0.25, -0.2) is 14.0 Å². The summed E-state index contributed by atoms with van der Waals surface area (Å²) < 4.78 is 19.3. The van der Waals surface area contributed by atoms with Crippen LogP contribution in [0.1, 0.15) is 42.0 Å². The minimum atomic E-state index is -1.35. The second-order valence-electron chi connectivity index (χ2n) is 7.91. The Bertz CT molecular complexity index is 1150. The number of benzene rings is 3. The third-order valence-electron chi connectivity index (χ3n) is 5.84. The Morgan fingerprint density at radius 1 is 1.06 bits per heavy atom. The number of carbonyl (C=O) groups is 2. The van der Waals surface area contributed by atoms with Crippen LogP contribution in [0.3, 0.4) is 0 Å². The first-order chi connectivity index (χ1) is 15.9. The molecule has 0 heterocycles. The number of amides is 1. The zero-order valence-corrected chi connectivity index (χ0v) is 18.8. The van der Waals surface area contributed by atoms with Crippen molar-refractivity contribution in [2.75, 3.05) is 13.2 Å². The van der Waals surface area contributed by atoms with Gasteiger partial charge in [0.15, 0.2) is 6.04 Å². The van der Waals surface area contributed by atoms with E-state index in [0.29, 0.717) is 6.42 Å². The first-order valence-corrected chi connectivity index (χ1v) is 11.1. The molecule has 0 fully saturated rings. The Balaban J connectivity index is 1.59. The van der Waals surface area contributed by atoms with Gasteiger partial charge in [0, 0.05) is 12.5 Å². The fourth-order valence-electron chi connectivity index (χ4n) is 4.38. The highest BCUT2D eigenvalue weighted by Gasteiger charge is 2.34. The number of fused-ring (bicyclic) bond motifs is 3. The van der Waals surface area contributed by atoms with Crippen LogP contribution in [0.2, 0.25) is 5.02 Å². The third kappa shape index (κ3) is 4.44. The Morgan fingerprint density at radius 2 is 1.67 bits per heavy atom. The summed E-state index contributed by atoms with van der Waals surface area (Å²) in [4.78, 5) is 26.4. The van der Waals surface area contributed by atoms with Crippen molar-refractivity contribution in [3.05, 3.63) is 94.3 Å². The first kappa shape index (κ1) is 22.8. The molecule has 4 rings (SSSR count). The molecule has 5 nitrogen and oxygen atoms in total. The van der Waals surface area contributed by atoms with Crippen molar-refractivity contribution in [1.82, 2.24) is 4.90 Å². The molecule has 170 valence electrons. The number of aliphatic carboxylic acids is 1. The quantitative estimate of drug-likeness (QED) is 0.445. The number of halogens is 2. The molecule has 0 aliphatic heterocycles. The molecule has 0 saturated carbocycles. The van der Waals surface area contributed by atoms with Crippen LogP contribution >= 0.6 is 11.6 Å². The average molecular weight is 468 g/mol. The Kier molecular flexibility index (Phi) is 6.65. The number of hydrogen-bond acceptors (Lipinski definition) is 3. The molecule has 1 amide bonds. The first-order valence-electron chi connectivity index (χ1n) is 10.7. The fourth-order valence-corrected chi connectivity index (χ4v) is 4.57. The van der Waals surface area contributed by atoms with Crippen molar-refractivity contribution in [2.45, 2.75) is 25.3 Å². The highest BCUT2D eigenvalue weighted by atomic mass is 35.5. The molecule has 0 spiro atoms. The van der Waals surface area contributed by atoms with E-state index in [1.165, 1.54) is 12.1 Å². The summed E-state index contributed by atoms with van der Waals surface area (Å²) in [5.41, 5.74) is 4.53. The molecule has 0 bridgehead atoms. The number of hydrogen-bond donors (Lipinski definition) is 1. The van der Waals surface area contributed by atoms with Gasteiger partial charge in [-0.15, -0.1) is 0 Å². The van der Waals surface area contributed by atoms with E-state index in [0.717, 1.165) is 33.2 Å². The SMILES string of the molecule is CCCN(C(=O)OCC1c2ccccc2-c2ccccc21)C(C(=O)O)c1ccc(F)c(Cl)c1. The van der Waals surface area contributed by atoms with Crippen molar-refractivity contribution < 1.29 is 23.8 Å². The topological polar surface area (TPSA) is 66.8 Å². The second-order valence-corrected chi connectivity index (χ2v) is 8.32. The molecular weight excluding hydrogens is 445 g/mol. The lowest BCUT2D eigenvalue weighted by atomic mass is 9.98. The molecule has 3 aromatic rings. The molecule has 0 radical (unpaired) electrons. The number of carboxylic acid groups (broad SMARTS) is 1. The van der Waals surface area contributed by atoms with E-state index in [9.17, 15) is 19.1 Å². The number of rotatable bonds is 7. The molecule has 0 saturated heterocycles. The van der Waals surface area contributed by atoms with Crippen LogP contribution in [0.25, 0.3) is 11.1 Å². The summed E-state index contributed by atoms with van der Waals surface area (Å²) in [7, 11) is 0. The largest absolute Gasteiger partial charge is 0.479 e. The van der Waals surface area contributed by atoms with Gasteiger partial charge < -0.3 is 9.84 Å². The summed E-state index contributed by atoms with van der Waals surface area (Å²) in [6.45, 7) is 2.06. The van der Waals surface area contributed by atoms with Crippen LogP contribution in [0.15, 0.2) is 66.7 Å². The third-order valence-corrected chi connectivity index (χ3v) is 6.13. The maximum absolute atomic E-state index is 13.6. The molecule has 3 aromatic carbocycles. The lowest BCUT2D eigenvalue weighted by Gasteiger charge is -2.29. The van der Waals surface area contributed by atoms with E-state index in [4.69, 9.17) is 16.3 Å². The van der Waals surface area contributed by atoms with Gasteiger partial charge in [0.25, 0.3) is 0 Å². The number of carbonyl (C=O) groups excluding carboxylic acids is 1. The van der Waals surface area contributed by atoms with E-state index in [2.05, 4.69) is 0 Å². The fraction of sp³-hybridized carbons (Fsp3) is 0.231. The van der Waals surface area contributed by atoms with Crippen molar-refractivity contribution in [1.29, 1.82) is 0 Å². The molecule has 1 aliphatic rings. The second kappa shape index (κ2) is 9.63. The maximum atomic E-state index is 13.6. The molecule has 33 heavy (non-hydrogen) atoms. The highest BCUT2D eigenvalue weighted by molar-refractivity contribution is 6.30. The lowest BCUT2D eigenvalue weighted by molar-refractivity contribution is -0.143. The van der Waals surface area contributed by atoms with Gasteiger partial charge in [-0.05, 0) is 46.4 Å². The molecule has 0 aromatic heterocycles. The zero-order valence-electron chi connectivity index (χ0n) is 18.0. The van der Waals surface area contributed by atoms with E-state index >= 15 is 0 Å². The van der Waals surface area contributed by atoms with E-state index in [1.54, 1.807) is 0 Å². The molecule has 7 heteroatoms. The van der Waals surface area contributed by atoms with Crippen LogP contribution in [-0.4, -0.2) is 35.2 Å². The van der Waals surface area contributed by atoms with Gasteiger partial charge in [0.2, 0.25) is 0 Å². The summed E-state index contributed by atoms with van der Waals surface area (Å²) in [6.07, 6.45) is -0.227. The van der Waals surface area contributed by atoms with Gasteiger partial charge in [0.05, 0.1) is 5.02 Å². The van der Waals surface area contributed by atoms with Crippen LogP contribution in [0.4, 0.5) is 9.18 Å². The minimum Gasteiger partial charge on any atom is -0.479 e. The van der Waals surface area contributed by atoms with Gasteiger partial charge in [-0.3, -0.25) is 4.90 Å². The maximum Gasteiger partial charge on any atom is 0.410 e. The van der Waals surface area contributed by atoms with Crippen molar-refractivity contribution in [3.63, 3.8) is 0 Å². The summed E-state index contributed by atoms with van der Waals surface area (Å²) in [6, 6.07) is 18.2. The van der Waals surface area contributed by atoms with Crippen LogP contribution < -0.4 is 0 Å².